The van der Waals surface area contributed by atoms with Crippen molar-refractivity contribution in [2.75, 3.05) is 13.1 Å². The van der Waals surface area contributed by atoms with Gasteiger partial charge in [-0.1, -0.05) is 30.3 Å². The molecule has 1 aromatic heterocycles. The molecule has 3 heteroatoms. The number of rotatable bonds is 3. The molecule has 1 amide bonds. The van der Waals surface area contributed by atoms with Crippen LogP contribution in [0.1, 0.15) is 38.5 Å². The highest BCUT2D eigenvalue weighted by Crippen LogP contribution is 2.26. The maximum absolute atomic E-state index is 12.6. The molecule has 1 aliphatic heterocycles. The summed E-state index contributed by atoms with van der Waals surface area (Å²) in [6, 6.07) is 12.7. The number of carbonyl (C=O) groups is 1. The number of aryl methyl sites for hydroxylation is 2. The number of hydrogen-bond donors (Lipinski definition) is 0. The number of nitrogens with zero attached hydrogens (tertiary/aromatic N) is 1. The second-order valence-corrected chi connectivity index (χ2v) is 7.71. The van der Waals surface area contributed by atoms with Crippen LogP contribution in [0.25, 0.3) is 0 Å². The largest absolute Gasteiger partial charge is 0.339 e. The molecule has 0 unspecified atom stereocenters. The summed E-state index contributed by atoms with van der Waals surface area (Å²) in [5, 5.41) is 0. The first-order valence-corrected chi connectivity index (χ1v) is 8.85. The third kappa shape index (κ3) is 3.41. The van der Waals surface area contributed by atoms with Gasteiger partial charge < -0.3 is 4.90 Å². The van der Waals surface area contributed by atoms with Gasteiger partial charge in [0, 0.05) is 22.8 Å². The fourth-order valence-electron chi connectivity index (χ4n) is 3.30. The van der Waals surface area contributed by atoms with Crippen LogP contribution in [-0.2, 0) is 6.42 Å². The van der Waals surface area contributed by atoms with Gasteiger partial charge in [0.15, 0.2) is 0 Å². The summed E-state index contributed by atoms with van der Waals surface area (Å²) in [5.41, 5.74) is 2.32. The zero-order valence-corrected chi connectivity index (χ0v) is 14.2. The highest BCUT2D eigenvalue weighted by molar-refractivity contribution is 7.12. The third-order valence-corrected chi connectivity index (χ3v) is 5.51. The van der Waals surface area contributed by atoms with Crippen molar-refractivity contribution in [1.82, 2.24) is 4.90 Å². The van der Waals surface area contributed by atoms with Crippen LogP contribution in [0.5, 0.6) is 0 Å². The van der Waals surface area contributed by atoms with E-state index in [1.54, 1.807) is 11.3 Å². The standard InChI is InChI=1S/C19H23NOS/c1-14-12-18(15(2)22-14)19(21)20-10-8-17(9-11-20)13-16-6-4-3-5-7-16/h3-7,12,17H,8-11,13H2,1-2H3. The second kappa shape index (κ2) is 6.66. The molecule has 22 heavy (non-hydrogen) atoms. The zero-order chi connectivity index (χ0) is 15.5. The molecule has 0 saturated carbocycles. The first-order valence-electron chi connectivity index (χ1n) is 8.03. The summed E-state index contributed by atoms with van der Waals surface area (Å²) in [6.45, 7) is 5.91. The van der Waals surface area contributed by atoms with Crippen LogP contribution in [0.15, 0.2) is 36.4 Å². The van der Waals surface area contributed by atoms with Gasteiger partial charge in [0.25, 0.3) is 5.91 Å². The van der Waals surface area contributed by atoms with E-state index in [0.717, 1.165) is 42.8 Å². The van der Waals surface area contributed by atoms with Crippen LogP contribution in [0.3, 0.4) is 0 Å². The molecule has 2 nitrogen and oxygen atoms in total. The minimum absolute atomic E-state index is 0.222. The highest BCUT2D eigenvalue weighted by atomic mass is 32.1. The Balaban J connectivity index is 1.57. The average molecular weight is 313 g/mol. The first-order chi connectivity index (χ1) is 10.6. The van der Waals surface area contributed by atoms with Crippen molar-refractivity contribution in [3.8, 4) is 0 Å². The van der Waals surface area contributed by atoms with E-state index in [0.29, 0.717) is 5.92 Å². The molecule has 1 fully saturated rings. The second-order valence-electron chi connectivity index (χ2n) is 6.25. The third-order valence-electron chi connectivity index (χ3n) is 4.54. The number of piperidine rings is 1. The Morgan fingerprint density at radius 3 is 2.45 bits per heavy atom. The van der Waals surface area contributed by atoms with Gasteiger partial charge in [0.05, 0.1) is 5.56 Å². The molecule has 0 N–H and O–H groups in total. The Hall–Kier alpha value is -1.61. The van der Waals surface area contributed by atoms with Crippen LogP contribution in [0, 0.1) is 19.8 Å². The van der Waals surface area contributed by atoms with E-state index in [1.165, 1.54) is 10.4 Å². The van der Waals surface area contributed by atoms with Crippen molar-refractivity contribution in [3.05, 3.63) is 57.3 Å². The maximum Gasteiger partial charge on any atom is 0.254 e. The Morgan fingerprint density at radius 1 is 1.18 bits per heavy atom. The molecule has 2 heterocycles. The quantitative estimate of drug-likeness (QED) is 0.819. The van der Waals surface area contributed by atoms with Gasteiger partial charge in [0.1, 0.15) is 0 Å². The molecule has 0 atom stereocenters. The van der Waals surface area contributed by atoms with Gasteiger partial charge in [-0.25, -0.2) is 0 Å². The maximum atomic E-state index is 12.6. The van der Waals surface area contributed by atoms with Crippen molar-refractivity contribution < 1.29 is 4.79 Å². The molecule has 0 spiro atoms. The molecule has 3 rings (SSSR count). The molecular weight excluding hydrogens is 290 g/mol. The first kappa shape index (κ1) is 15.3. The number of amides is 1. The van der Waals surface area contributed by atoms with Gasteiger partial charge in [-0.3, -0.25) is 4.79 Å². The minimum atomic E-state index is 0.222. The van der Waals surface area contributed by atoms with Crippen molar-refractivity contribution in [2.24, 2.45) is 5.92 Å². The number of carbonyl (C=O) groups excluding carboxylic acids is 1. The smallest absolute Gasteiger partial charge is 0.254 e. The van der Waals surface area contributed by atoms with Crippen LogP contribution in [0.4, 0.5) is 0 Å². The highest BCUT2D eigenvalue weighted by Gasteiger charge is 2.25. The molecule has 2 aromatic rings. The van der Waals surface area contributed by atoms with E-state index in [2.05, 4.69) is 37.3 Å². The lowest BCUT2D eigenvalue weighted by atomic mass is 9.90. The summed E-state index contributed by atoms with van der Waals surface area (Å²) in [4.78, 5) is 17.0. The molecule has 0 aliphatic carbocycles. The summed E-state index contributed by atoms with van der Waals surface area (Å²) in [5.74, 6) is 0.928. The predicted octanol–water partition coefficient (Wildman–Crippen LogP) is 4.46. The van der Waals surface area contributed by atoms with E-state index >= 15 is 0 Å². The van der Waals surface area contributed by atoms with Crippen molar-refractivity contribution >= 4 is 17.2 Å². The van der Waals surface area contributed by atoms with Crippen LogP contribution in [0.2, 0.25) is 0 Å². The summed E-state index contributed by atoms with van der Waals surface area (Å²) in [7, 11) is 0. The average Bonchev–Trinajstić information content (AvgIpc) is 2.87. The van der Waals surface area contributed by atoms with Crippen molar-refractivity contribution in [3.63, 3.8) is 0 Å². The monoisotopic (exact) mass is 313 g/mol. The number of hydrogen-bond acceptors (Lipinski definition) is 2. The molecule has 1 saturated heterocycles. The van der Waals surface area contributed by atoms with Gasteiger partial charge >= 0.3 is 0 Å². The van der Waals surface area contributed by atoms with E-state index < -0.39 is 0 Å². The minimum Gasteiger partial charge on any atom is -0.339 e. The predicted molar refractivity (Wildman–Crippen MR) is 92.6 cm³/mol. The molecule has 0 radical (unpaired) electrons. The van der Waals surface area contributed by atoms with Crippen LogP contribution >= 0.6 is 11.3 Å². The molecule has 0 bridgehead atoms. The summed E-state index contributed by atoms with van der Waals surface area (Å²) >= 11 is 1.72. The Bertz CT molecular complexity index is 639. The van der Waals surface area contributed by atoms with Crippen molar-refractivity contribution in [1.29, 1.82) is 0 Å². The fourth-order valence-corrected chi connectivity index (χ4v) is 4.22. The fraction of sp³-hybridized carbons (Fsp3) is 0.421. The van der Waals surface area contributed by atoms with E-state index in [-0.39, 0.29) is 5.91 Å². The summed E-state index contributed by atoms with van der Waals surface area (Å²) < 4.78 is 0. The molecular formula is C19H23NOS. The van der Waals surface area contributed by atoms with E-state index in [9.17, 15) is 4.79 Å². The van der Waals surface area contributed by atoms with Crippen LogP contribution in [-0.4, -0.2) is 23.9 Å². The van der Waals surface area contributed by atoms with E-state index in [1.807, 2.05) is 17.9 Å². The lowest BCUT2D eigenvalue weighted by molar-refractivity contribution is 0.0690. The topological polar surface area (TPSA) is 20.3 Å². The lowest BCUT2D eigenvalue weighted by Crippen LogP contribution is -2.39. The number of thiophene rings is 1. The SMILES string of the molecule is Cc1cc(C(=O)N2CCC(Cc3ccccc3)CC2)c(C)s1. The molecule has 1 aliphatic rings. The number of likely N-dealkylation sites (tertiary alicyclic amines) is 1. The molecule has 1 aromatic carbocycles. The number of benzene rings is 1. The Labute approximate surface area is 136 Å². The summed E-state index contributed by atoms with van der Waals surface area (Å²) in [6.07, 6.45) is 3.37. The van der Waals surface area contributed by atoms with Gasteiger partial charge in [-0.15, -0.1) is 11.3 Å². The van der Waals surface area contributed by atoms with Gasteiger partial charge in [-0.05, 0) is 50.7 Å². The Kier molecular flexibility index (Phi) is 4.63. The molecule has 116 valence electrons. The van der Waals surface area contributed by atoms with Crippen LogP contribution < -0.4 is 0 Å². The van der Waals surface area contributed by atoms with Gasteiger partial charge in [0.2, 0.25) is 0 Å². The Morgan fingerprint density at radius 2 is 1.86 bits per heavy atom. The zero-order valence-electron chi connectivity index (χ0n) is 13.3. The van der Waals surface area contributed by atoms with Gasteiger partial charge in [-0.2, -0.15) is 0 Å². The normalized spacial score (nSPS) is 16.0. The lowest BCUT2D eigenvalue weighted by Gasteiger charge is -2.32. The van der Waals surface area contributed by atoms with Crippen molar-refractivity contribution in [2.45, 2.75) is 33.1 Å². The van der Waals surface area contributed by atoms with E-state index in [4.69, 9.17) is 0 Å².